The topological polar surface area (TPSA) is 56.1 Å². The van der Waals surface area contributed by atoms with Gasteiger partial charge in [-0.2, -0.15) is 18.2 Å². The number of carbonyl (C=O) groups is 1. The fourth-order valence-corrected chi connectivity index (χ4v) is 5.77. The largest absolute Gasteiger partial charge is 0.492 e. The molecule has 2 fully saturated rings. The second-order valence-electron chi connectivity index (χ2n) is 11.1. The lowest BCUT2D eigenvalue weighted by Gasteiger charge is -2.29. The van der Waals surface area contributed by atoms with Gasteiger partial charge in [0.25, 0.3) is 5.91 Å². The van der Waals surface area contributed by atoms with Gasteiger partial charge in [-0.05, 0) is 62.9 Å². The van der Waals surface area contributed by atoms with Crippen molar-refractivity contribution < 1.29 is 27.4 Å². The smallest absolute Gasteiger partial charge is 0.416 e. The van der Waals surface area contributed by atoms with Gasteiger partial charge in [-0.1, -0.05) is 20.8 Å². The monoisotopic (exact) mass is 539 g/mol. The maximum Gasteiger partial charge on any atom is 0.416 e. The van der Waals surface area contributed by atoms with Crippen LogP contribution < -0.4 is 9.54 Å². The van der Waals surface area contributed by atoms with Crippen molar-refractivity contribution in [2.24, 2.45) is 10.9 Å². The Kier molecular flexibility index (Phi) is 8.50. The van der Waals surface area contributed by atoms with E-state index in [0.717, 1.165) is 55.8 Å². The maximum atomic E-state index is 13.5. The molecular formula is C27H36F3N3O3S. The third-order valence-electron chi connectivity index (χ3n) is 6.81. The number of carbonyl (C=O) groups excluding carboxylic acids is 1. The Labute approximate surface area is 220 Å². The molecule has 37 heavy (non-hydrogen) atoms. The van der Waals surface area contributed by atoms with Crippen LogP contribution in [0.4, 0.5) is 13.2 Å². The number of benzene rings is 1. The van der Waals surface area contributed by atoms with Gasteiger partial charge in [0.1, 0.15) is 5.75 Å². The number of amides is 1. The van der Waals surface area contributed by atoms with E-state index in [0.29, 0.717) is 24.6 Å². The molecule has 0 spiro atoms. The summed E-state index contributed by atoms with van der Waals surface area (Å²) in [5, 5.41) is 0. The number of likely N-dealkylation sites (tertiary alicyclic amines) is 1. The summed E-state index contributed by atoms with van der Waals surface area (Å²) in [6.07, 6.45) is 1.34. The minimum Gasteiger partial charge on any atom is -0.492 e. The lowest BCUT2D eigenvalue weighted by Crippen LogP contribution is -2.34. The molecule has 2 aliphatic rings. The fraction of sp³-hybridized carbons (Fsp3) is 0.630. The summed E-state index contributed by atoms with van der Waals surface area (Å²) in [5.74, 6) is -0.361. The predicted octanol–water partition coefficient (Wildman–Crippen LogP) is 5.51. The first-order valence-corrected chi connectivity index (χ1v) is 13.7. The van der Waals surface area contributed by atoms with Crippen LogP contribution in [0.2, 0.25) is 0 Å². The molecule has 204 valence electrons. The van der Waals surface area contributed by atoms with E-state index in [1.807, 2.05) is 17.8 Å². The van der Waals surface area contributed by atoms with Crippen LogP contribution in [-0.4, -0.2) is 54.8 Å². The summed E-state index contributed by atoms with van der Waals surface area (Å²) >= 11 is 1.38. The number of halogens is 3. The Bertz CT molecular complexity index is 1160. The lowest BCUT2D eigenvalue weighted by atomic mass is 9.95. The van der Waals surface area contributed by atoms with Crippen molar-refractivity contribution in [3.8, 4) is 5.75 Å². The molecule has 2 aromatic rings. The molecule has 6 nitrogen and oxygen atoms in total. The molecule has 0 radical (unpaired) electrons. The molecule has 0 N–H and O–H groups in total. The number of aromatic nitrogens is 1. The number of ether oxygens (including phenoxy) is 2. The van der Waals surface area contributed by atoms with Gasteiger partial charge < -0.3 is 18.9 Å². The maximum absolute atomic E-state index is 13.5. The third-order valence-corrected chi connectivity index (χ3v) is 8.26. The molecule has 1 amide bonds. The molecule has 2 atom stereocenters. The molecule has 0 bridgehead atoms. The zero-order chi connectivity index (χ0) is 26.8. The van der Waals surface area contributed by atoms with Crippen LogP contribution in [0.1, 0.15) is 67.3 Å². The molecule has 0 saturated carbocycles. The van der Waals surface area contributed by atoms with Crippen LogP contribution in [0, 0.1) is 5.92 Å². The molecule has 3 heterocycles. The number of thiazole rings is 1. The Morgan fingerprint density at radius 3 is 2.65 bits per heavy atom. The summed E-state index contributed by atoms with van der Waals surface area (Å²) in [6.45, 7) is 9.66. The summed E-state index contributed by atoms with van der Waals surface area (Å²) in [6, 6.07) is 3.06. The number of hydrogen-bond acceptors (Lipinski definition) is 5. The molecule has 0 aliphatic carbocycles. The van der Waals surface area contributed by atoms with Crippen molar-refractivity contribution in [3.63, 3.8) is 0 Å². The molecule has 1 aromatic heterocycles. The van der Waals surface area contributed by atoms with E-state index in [1.54, 1.807) is 0 Å². The van der Waals surface area contributed by atoms with E-state index in [9.17, 15) is 18.0 Å². The van der Waals surface area contributed by atoms with E-state index >= 15 is 0 Å². The number of piperidine rings is 1. The Morgan fingerprint density at radius 1 is 1.22 bits per heavy atom. The Morgan fingerprint density at radius 2 is 2.00 bits per heavy atom. The molecule has 1 aromatic carbocycles. The molecular weight excluding hydrogens is 503 g/mol. The third kappa shape index (κ3) is 7.23. The molecule has 2 saturated heterocycles. The first-order chi connectivity index (χ1) is 17.4. The van der Waals surface area contributed by atoms with Gasteiger partial charge in [0.15, 0.2) is 4.80 Å². The zero-order valence-electron chi connectivity index (χ0n) is 21.9. The van der Waals surface area contributed by atoms with Gasteiger partial charge in [0.2, 0.25) is 0 Å². The van der Waals surface area contributed by atoms with Crippen molar-refractivity contribution in [1.82, 2.24) is 9.47 Å². The second-order valence-corrected chi connectivity index (χ2v) is 12.1. The van der Waals surface area contributed by atoms with E-state index in [4.69, 9.17) is 9.47 Å². The summed E-state index contributed by atoms with van der Waals surface area (Å²) < 4.78 is 54.2. The average Bonchev–Trinajstić information content (AvgIpc) is 3.47. The summed E-state index contributed by atoms with van der Waals surface area (Å²) in [7, 11) is 2.04. The Hall–Kier alpha value is -2.17. The lowest BCUT2D eigenvalue weighted by molar-refractivity contribution is -0.137. The summed E-state index contributed by atoms with van der Waals surface area (Å²) in [4.78, 5) is 21.4. The van der Waals surface area contributed by atoms with Crippen molar-refractivity contribution in [2.75, 3.05) is 33.4 Å². The van der Waals surface area contributed by atoms with Crippen LogP contribution in [0.15, 0.2) is 29.4 Å². The predicted molar refractivity (Wildman–Crippen MR) is 137 cm³/mol. The van der Waals surface area contributed by atoms with Crippen LogP contribution in [0.5, 0.6) is 5.75 Å². The van der Waals surface area contributed by atoms with E-state index < -0.39 is 17.6 Å². The first-order valence-electron chi connectivity index (χ1n) is 12.8. The molecule has 2 aliphatic heterocycles. The normalized spacial score (nSPS) is 22.0. The highest BCUT2D eigenvalue weighted by Crippen LogP contribution is 2.33. The van der Waals surface area contributed by atoms with Crippen LogP contribution in [0.25, 0.3) is 0 Å². The van der Waals surface area contributed by atoms with Crippen molar-refractivity contribution in [3.05, 3.63) is 45.2 Å². The van der Waals surface area contributed by atoms with Gasteiger partial charge in [0, 0.05) is 30.1 Å². The van der Waals surface area contributed by atoms with E-state index in [-0.39, 0.29) is 28.7 Å². The van der Waals surface area contributed by atoms with Crippen molar-refractivity contribution in [1.29, 1.82) is 0 Å². The number of nitrogens with zero attached hydrogens (tertiary/aromatic N) is 3. The van der Waals surface area contributed by atoms with Gasteiger partial charge in [-0.3, -0.25) is 4.79 Å². The van der Waals surface area contributed by atoms with E-state index in [1.165, 1.54) is 17.4 Å². The van der Waals surface area contributed by atoms with Gasteiger partial charge >= 0.3 is 6.18 Å². The SMILES string of the molecule is CN1CCC[C@@H](COc2ccc(C(F)(F)F)cc2C(=O)N=c2sc(C(C)(C)C)cn2C[C@H]2CCCO2)C1. The van der Waals surface area contributed by atoms with Crippen LogP contribution in [-0.2, 0) is 22.9 Å². The van der Waals surface area contributed by atoms with E-state index in [2.05, 4.69) is 30.7 Å². The van der Waals surface area contributed by atoms with Gasteiger partial charge in [0.05, 0.1) is 30.4 Å². The minimum atomic E-state index is -4.58. The fourth-order valence-electron chi connectivity index (χ4n) is 4.72. The van der Waals surface area contributed by atoms with Crippen molar-refractivity contribution in [2.45, 2.75) is 70.7 Å². The zero-order valence-corrected chi connectivity index (χ0v) is 22.8. The van der Waals surface area contributed by atoms with Gasteiger partial charge in [-0.25, -0.2) is 0 Å². The molecule has 0 unspecified atom stereocenters. The number of alkyl halides is 3. The molecule has 4 rings (SSSR count). The van der Waals surface area contributed by atoms with Crippen molar-refractivity contribution >= 4 is 17.2 Å². The average molecular weight is 540 g/mol. The summed E-state index contributed by atoms with van der Waals surface area (Å²) in [5.41, 5.74) is -1.24. The first kappa shape index (κ1) is 27.9. The number of rotatable bonds is 6. The van der Waals surface area contributed by atoms with Gasteiger partial charge in [-0.15, -0.1) is 11.3 Å². The highest BCUT2D eigenvalue weighted by molar-refractivity contribution is 7.09. The quantitative estimate of drug-likeness (QED) is 0.486. The minimum absolute atomic E-state index is 0.0255. The number of hydrogen-bond donors (Lipinski definition) is 0. The van der Waals surface area contributed by atoms with Crippen LogP contribution in [0.3, 0.4) is 0 Å². The molecule has 10 heteroatoms. The van der Waals surface area contributed by atoms with Crippen LogP contribution >= 0.6 is 11.3 Å². The Balaban J connectivity index is 1.67. The highest BCUT2D eigenvalue weighted by Gasteiger charge is 2.32. The second kappa shape index (κ2) is 11.3. The highest BCUT2D eigenvalue weighted by atomic mass is 32.1. The standard InChI is InChI=1S/C27H36F3N3O3S/c1-26(2,3)23-16-33(15-20-8-6-12-35-20)25(37-23)31-24(34)21-13-19(27(28,29)30)9-10-22(21)36-17-18-7-5-11-32(4)14-18/h9-10,13,16,18,20H,5-8,11-12,14-15,17H2,1-4H3/t18-,20-/m1/s1.